The Labute approximate surface area is 328 Å². The monoisotopic (exact) mass is 710 g/mol. The summed E-state index contributed by atoms with van der Waals surface area (Å²) in [6.45, 7) is 0. The summed E-state index contributed by atoms with van der Waals surface area (Å²) in [5.41, 5.74) is 13.6. The highest BCUT2D eigenvalue weighted by Crippen LogP contribution is 2.57. The molecule has 0 heterocycles. The van der Waals surface area contributed by atoms with Gasteiger partial charge in [-0.15, -0.1) is 0 Å². The normalized spacial score (nSPS) is 13.4. The molecule has 262 valence electrons. The van der Waals surface area contributed by atoms with Crippen molar-refractivity contribution in [1.29, 1.82) is 0 Å². The van der Waals surface area contributed by atoms with E-state index < -0.39 is 5.41 Å². The van der Waals surface area contributed by atoms with E-state index in [9.17, 15) is 0 Å². The van der Waals surface area contributed by atoms with Crippen molar-refractivity contribution in [2.75, 3.05) is 0 Å². The molecule has 0 saturated carbocycles. The van der Waals surface area contributed by atoms with Crippen LogP contribution in [0.5, 0.6) is 0 Å². The van der Waals surface area contributed by atoms with E-state index in [1.54, 1.807) is 0 Å². The highest BCUT2D eigenvalue weighted by molar-refractivity contribution is 6.25. The van der Waals surface area contributed by atoms with Crippen LogP contribution < -0.4 is 0 Å². The van der Waals surface area contributed by atoms with E-state index in [0.717, 1.165) is 0 Å². The molecule has 1 atom stereocenters. The first-order valence-corrected chi connectivity index (χ1v) is 19.6. The largest absolute Gasteiger partial charge is 0.0713 e. The molecule has 1 aliphatic rings. The van der Waals surface area contributed by atoms with Crippen molar-refractivity contribution < 1.29 is 0 Å². The number of hydrogen-bond acceptors (Lipinski definition) is 0. The lowest BCUT2D eigenvalue weighted by atomic mass is 9.67. The first kappa shape index (κ1) is 32.4. The van der Waals surface area contributed by atoms with E-state index in [-0.39, 0.29) is 5.92 Å². The minimum Gasteiger partial charge on any atom is -0.0622 e. The van der Waals surface area contributed by atoms with Gasteiger partial charge >= 0.3 is 0 Å². The predicted molar refractivity (Wildman–Crippen MR) is 236 cm³/mol. The molecule has 0 heteroatoms. The van der Waals surface area contributed by atoms with E-state index in [1.807, 2.05) is 0 Å². The SMILES string of the molecule is c1ccc(-c2ccc(C(c3ccc4c(c3)C(c3ccccc3)(c3ccccc3)c3ccccc3-4)c3ccc4c5ccccc5c5ccccc5c4c3)cc2)cc1. The first-order valence-electron chi connectivity index (χ1n) is 19.6. The summed E-state index contributed by atoms with van der Waals surface area (Å²) in [7, 11) is 0. The predicted octanol–water partition coefficient (Wildman–Crippen LogP) is 14.4. The third-order valence-corrected chi connectivity index (χ3v) is 12.3. The minimum atomic E-state index is -0.468. The molecule has 0 radical (unpaired) electrons. The second kappa shape index (κ2) is 13.1. The number of hydrogen-bond donors (Lipinski definition) is 0. The van der Waals surface area contributed by atoms with Crippen LogP contribution in [0.2, 0.25) is 0 Å². The maximum atomic E-state index is 2.54. The molecule has 0 saturated heterocycles. The van der Waals surface area contributed by atoms with Gasteiger partial charge in [-0.3, -0.25) is 0 Å². The maximum Gasteiger partial charge on any atom is 0.0713 e. The Bertz CT molecular complexity index is 2970. The van der Waals surface area contributed by atoms with Crippen LogP contribution in [0, 0.1) is 0 Å². The van der Waals surface area contributed by atoms with Crippen molar-refractivity contribution in [2.24, 2.45) is 0 Å². The molecule has 0 aromatic heterocycles. The summed E-state index contributed by atoms with van der Waals surface area (Å²) >= 11 is 0. The third-order valence-electron chi connectivity index (χ3n) is 12.3. The van der Waals surface area contributed by atoms with Crippen LogP contribution in [0.15, 0.2) is 224 Å². The summed E-state index contributed by atoms with van der Waals surface area (Å²) in [6.07, 6.45) is 0. The quantitative estimate of drug-likeness (QED) is 0.119. The molecule has 10 aromatic rings. The third kappa shape index (κ3) is 4.93. The molecule has 0 spiro atoms. The summed E-state index contributed by atoms with van der Waals surface area (Å²) < 4.78 is 0. The molecule has 0 nitrogen and oxygen atoms in total. The number of fused-ring (bicyclic) bond motifs is 9. The Morgan fingerprint density at radius 1 is 0.268 bits per heavy atom. The fourth-order valence-corrected chi connectivity index (χ4v) is 9.82. The van der Waals surface area contributed by atoms with E-state index in [1.165, 1.54) is 93.5 Å². The Kier molecular flexibility index (Phi) is 7.57. The molecule has 0 aliphatic heterocycles. The highest BCUT2D eigenvalue weighted by Gasteiger charge is 2.46. The first-order chi connectivity index (χ1) is 27.8. The van der Waals surface area contributed by atoms with Gasteiger partial charge in [0, 0.05) is 5.92 Å². The lowest BCUT2D eigenvalue weighted by molar-refractivity contribution is 0.765. The van der Waals surface area contributed by atoms with E-state index >= 15 is 0 Å². The van der Waals surface area contributed by atoms with E-state index in [4.69, 9.17) is 0 Å². The molecule has 0 N–H and O–H groups in total. The van der Waals surface area contributed by atoms with Crippen molar-refractivity contribution in [3.05, 3.63) is 263 Å². The van der Waals surface area contributed by atoms with Crippen LogP contribution in [-0.4, -0.2) is 0 Å². The molecule has 0 fully saturated rings. The smallest absolute Gasteiger partial charge is 0.0622 e. The zero-order valence-electron chi connectivity index (χ0n) is 30.9. The van der Waals surface area contributed by atoms with Crippen molar-refractivity contribution in [3.8, 4) is 22.3 Å². The Hall–Kier alpha value is -7.02. The van der Waals surface area contributed by atoms with Gasteiger partial charge in [-0.2, -0.15) is 0 Å². The van der Waals surface area contributed by atoms with Gasteiger partial charge in [-0.05, 0) is 99.6 Å². The van der Waals surface area contributed by atoms with Crippen molar-refractivity contribution in [1.82, 2.24) is 0 Å². The molecule has 1 unspecified atom stereocenters. The topological polar surface area (TPSA) is 0 Å². The average Bonchev–Trinajstić information content (AvgIpc) is 3.58. The van der Waals surface area contributed by atoms with Crippen molar-refractivity contribution in [2.45, 2.75) is 11.3 Å². The molecule has 11 rings (SSSR count). The van der Waals surface area contributed by atoms with Crippen LogP contribution in [0.3, 0.4) is 0 Å². The van der Waals surface area contributed by atoms with Crippen molar-refractivity contribution >= 4 is 32.3 Å². The lowest BCUT2D eigenvalue weighted by Gasteiger charge is -2.34. The Morgan fingerprint density at radius 3 is 1.32 bits per heavy atom. The van der Waals surface area contributed by atoms with Crippen molar-refractivity contribution in [3.63, 3.8) is 0 Å². The molecule has 0 bridgehead atoms. The fourth-order valence-electron chi connectivity index (χ4n) is 9.82. The second-order valence-electron chi connectivity index (χ2n) is 15.1. The minimum absolute atomic E-state index is 0.00675. The van der Waals surface area contributed by atoms with Crippen LogP contribution in [0.1, 0.15) is 44.9 Å². The fraction of sp³-hybridized carbons (Fsp3) is 0.0357. The van der Waals surface area contributed by atoms with Crippen LogP contribution >= 0.6 is 0 Å². The Balaban J connectivity index is 1.18. The van der Waals surface area contributed by atoms with Gasteiger partial charge in [0.15, 0.2) is 0 Å². The van der Waals surface area contributed by atoms with Gasteiger partial charge in [-0.25, -0.2) is 0 Å². The maximum absolute atomic E-state index is 2.54. The Morgan fingerprint density at radius 2 is 0.696 bits per heavy atom. The second-order valence-corrected chi connectivity index (χ2v) is 15.1. The summed E-state index contributed by atoms with van der Waals surface area (Å²) in [4.78, 5) is 0. The van der Waals surface area contributed by atoms with Gasteiger partial charge in [0.1, 0.15) is 0 Å². The van der Waals surface area contributed by atoms with E-state index in [0.29, 0.717) is 0 Å². The number of benzene rings is 10. The zero-order valence-corrected chi connectivity index (χ0v) is 30.9. The lowest BCUT2D eigenvalue weighted by Crippen LogP contribution is -2.28. The average molecular weight is 711 g/mol. The molecule has 0 amide bonds. The summed E-state index contributed by atoms with van der Waals surface area (Å²) in [5, 5.41) is 7.76. The van der Waals surface area contributed by atoms with Gasteiger partial charge < -0.3 is 0 Å². The summed E-state index contributed by atoms with van der Waals surface area (Å²) in [5.74, 6) is -0.00675. The van der Waals surface area contributed by atoms with E-state index in [2.05, 4.69) is 224 Å². The molecular formula is C56H38. The van der Waals surface area contributed by atoms with Gasteiger partial charge in [0.2, 0.25) is 0 Å². The van der Waals surface area contributed by atoms with Gasteiger partial charge in [-0.1, -0.05) is 218 Å². The molecule has 56 heavy (non-hydrogen) atoms. The number of rotatable bonds is 6. The van der Waals surface area contributed by atoms with Crippen LogP contribution in [-0.2, 0) is 5.41 Å². The highest BCUT2D eigenvalue weighted by atomic mass is 14.5. The standard InChI is InChI=1S/C56H38/c1-4-16-38(17-5-1)39-28-30-40(31-29-39)55(41-32-34-49-47-24-11-10-22-45(47)46-23-12-13-25-48(46)52(49)36-41)42-33-35-51-50-26-14-15-27-53(50)56(54(51)37-42,43-18-6-2-7-19-43)44-20-8-3-9-21-44/h1-37,55H. The van der Waals surface area contributed by atoms with Gasteiger partial charge in [0.25, 0.3) is 0 Å². The molecule has 10 aromatic carbocycles. The molecule has 1 aliphatic carbocycles. The molecular weight excluding hydrogens is 673 g/mol. The zero-order chi connectivity index (χ0) is 37.1. The summed E-state index contributed by atoms with van der Waals surface area (Å²) in [6, 6.07) is 83.5. The van der Waals surface area contributed by atoms with Crippen LogP contribution in [0.4, 0.5) is 0 Å². The van der Waals surface area contributed by atoms with Gasteiger partial charge in [0.05, 0.1) is 5.41 Å². The van der Waals surface area contributed by atoms with Crippen LogP contribution in [0.25, 0.3) is 54.6 Å².